The number of carbonyl (C=O) groups is 1. The number of fused-ring (bicyclic) bond motifs is 1. The largest absolute Gasteiger partial charge is 0.444 e. The molecule has 2 saturated heterocycles. The lowest BCUT2D eigenvalue weighted by Gasteiger charge is -2.58. The van der Waals surface area contributed by atoms with E-state index in [-0.39, 0.29) is 17.7 Å². The monoisotopic (exact) mass is 583 g/mol. The standard InChI is InChI=1S/C29H38BrN5O3/c1-17-11-21-20(14-31-35(21)22-9-7-8-10-37-22)23(18(17)2)24-25(30)32-26(33(24)6)19-12-29(13-19)15-34(16-29)27(36)38-28(3,4)5/h11,14,19,22H,7-10,12-13,15-16H2,1-6H3. The van der Waals surface area contributed by atoms with Gasteiger partial charge in [-0.1, -0.05) is 0 Å². The third-order valence-corrected chi connectivity index (χ3v) is 9.16. The van der Waals surface area contributed by atoms with E-state index in [1.165, 1.54) is 23.1 Å². The molecule has 1 aliphatic carbocycles. The Labute approximate surface area is 232 Å². The molecule has 0 bridgehead atoms. The SMILES string of the molecule is Cc1cc2c(cnn2C2CCCCO2)c(-c2c(Br)nc(C3CC4(C3)CN(C(=O)OC(C)(C)C)C4)n2C)c1C. The number of imidazole rings is 1. The smallest absolute Gasteiger partial charge is 0.410 e. The fourth-order valence-electron chi connectivity index (χ4n) is 6.63. The van der Waals surface area contributed by atoms with Crippen LogP contribution < -0.4 is 0 Å². The Morgan fingerprint density at radius 1 is 1.21 bits per heavy atom. The van der Waals surface area contributed by atoms with Crippen molar-refractivity contribution in [2.75, 3.05) is 19.7 Å². The summed E-state index contributed by atoms with van der Waals surface area (Å²) in [6.45, 7) is 12.4. The van der Waals surface area contributed by atoms with E-state index in [1.54, 1.807) is 0 Å². The molecule has 1 amide bonds. The number of ether oxygens (including phenoxy) is 2. The van der Waals surface area contributed by atoms with Gasteiger partial charge in [-0.15, -0.1) is 0 Å². The summed E-state index contributed by atoms with van der Waals surface area (Å²) >= 11 is 3.82. The first-order valence-electron chi connectivity index (χ1n) is 13.8. The van der Waals surface area contributed by atoms with Crippen LogP contribution in [0.4, 0.5) is 4.79 Å². The number of amides is 1. The van der Waals surface area contributed by atoms with Crippen LogP contribution in [0.25, 0.3) is 22.2 Å². The van der Waals surface area contributed by atoms with Crippen LogP contribution in [0.1, 0.15) is 82.0 Å². The van der Waals surface area contributed by atoms with E-state index >= 15 is 0 Å². The van der Waals surface area contributed by atoms with Crippen LogP contribution in [-0.2, 0) is 16.5 Å². The predicted molar refractivity (Wildman–Crippen MR) is 150 cm³/mol. The number of carbonyl (C=O) groups excluding carboxylic acids is 1. The first-order valence-corrected chi connectivity index (χ1v) is 14.6. The highest BCUT2D eigenvalue weighted by Crippen LogP contribution is 2.56. The van der Waals surface area contributed by atoms with Gasteiger partial charge in [-0.05, 0) is 99.8 Å². The van der Waals surface area contributed by atoms with Crippen LogP contribution in [0.2, 0.25) is 0 Å². The highest BCUT2D eigenvalue weighted by Gasteiger charge is 2.55. The van der Waals surface area contributed by atoms with E-state index in [2.05, 4.69) is 52.1 Å². The molecule has 2 aliphatic heterocycles. The lowest BCUT2D eigenvalue weighted by molar-refractivity contribution is -0.0801. The predicted octanol–water partition coefficient (Wildman–Crippen LogP) is 6.63. The second-order valence-electron chi connectivity index (χ2n) is 12.6. The molecule has 2 aromatic heterocycles. The maximum atomic E-state index is 12.4. The normalized spacial score (nSPS) is 21.6. The minimum Gasteiger partial charge on any atom is -0.444 e. The highest BCUT2D eigenvalue weighted by molar-refractivity contribution is 9.10. The van der Waals surface area contributed by atoms with Crippen molar-refractivity contribution >= 4 is 32.9 Å². The van der Waals surface area contributed by atoms with E-state index in [0.29, 0.717) is 5.92 Å². The van der Waals surface area contributed by atoms with Crippen LogP contribution in [0.15, 0.2) is 16.9 Å². The average Bonchev–Trinajstić information content (AvgIpc) is 3.33. The zero-order chi connectivity index (χ0) is 27.0. The van der Waals surface area contributed by atoms with Crippen molar-refractivity contribution in [2.45, 2.75) is 84.5 Å². The summed E-state index contributed by atoms with van der Waals surface area (Å²) in [6.07, 6.45) is 7.15. The lowest BCUT2D eigenvalue weighted by atomic mass is 9.57. The van der Waals surface area contributed by atoms with E-state index in [4.69, 9.17) is 19.6 Å². The second-order valence-corrected chi connectivity index (χ2v) is 13.4. The van der Waals surface area contributed by atoms with Crippen molar-refractivity contribution in [1.29, 1.82) is 0 Å². The summed E-state index contributed by atoms with van der Waals surface area (Å²) in [6, 6.07) is 2.24. The fourth-order valence-corrected chi connectivity index (χ4v) is 7.28. The Balaban J connectivity index is 1.26. The van der Waals surface area contributed by atoms with Crippen LogP contribution in [-0.4, -0.2) is 55.6 Å². The molecule has 204 valence electrons. The fraction of sp³-hybridized carbons (Fsp3) is 0.621. The number of nitrogens with zero attached hydrogens (tertiary/aromatic N) is 5. The number of likely N-dealkylation sites (tertiary alicyclic amines) is 1. The van der Waals surface area contributed by atoms with Gasteiger partial charge in [0.1, 0.15) is 16.0 Å². The van der Waals surface area contributed by atoms with Crippen LogP contribution in [0, 0.1) is 19.3 Å². The molecule has 8 nitrogen and oxygen atoms in total. The number of hydrogen-bond donors (Lipinski definition) is 0. The topological polar surface area (TPSA) is 74.4 Å². The molecular weight excluding hydrogens is 546 g/mol. The van der Waals surface area contributed by atoms with Crippen LogP contribution >= 0.6 is 15.9 Å². The molecule has 6 rings (SSSR count). The molecule has 1 atom stereocenters. The number of aromatic nitrogens is 4. The van der Waals surface area contributed by atoms with Gasteiger partial charge < -0.3 is 18.9 Å². The van der Waals surface area contributed by atoms with Gasteiger partial charge in [-0.25, -0.2) is 14.5 Å². The number of hydrogen-bond acceptors (Lipinski definition) is 5. The summed E-state index contributed by atoms with van der Waals surface area (Å²) < 4.78 is 16.8. The molecule has 0 radical (unpaired) electrons. The van der Waals surface area contributed by atoms with Gasteiger partial charge in [0.25, 0.3) is 0 Å². The summed E-state index contributed by atoms with van der Waals surface area (Å²) in [7, 11) is 2.13. The molecule has 1 aromatic carbocycles. The number of rotatable bonds is 3. The highest BCUT2D eigenvalue weighted by atomic mass is 79.9. The third kappa shape index (κ3) is 4.26. The molecule has 3 aliphatic rings. The maximum absolute atomic E-state index is 12.4. The molecular formula is C29H38BrN5O3. The number of benzene rings is 1. The van der Waals surface area contributed by atoms with Crippen molar-refractivity contribution in [3.8, 4) is 11.3 Å². The molecule has 3 fully saturated rings. The minimum atomic E-state index is -0.461. The van der Waals surface area contributed by atoms with Gasteiger partial charge in [0.15, 0.2) is 6.23 Å². The summed E-state index contributed by atoms with van der Waals surface area (Å²) in [5.41, 5.74) is 5.62. The molecule has 1 unspecified atom stereocenters. The lowest BCUT2D eigenvalue weighted by Crippen LogP contribution is -2.63. The van der Waals surface area contributed by atoms with Crippen molar-refractivity contribution in [1.82, 2.24) is 24.2 Å². The average molecular weight is 585 g/mol. The Morgan fingerprint density at radius 2 is 1.95 bits per heavy atom. The Bertz CT molecular complexity index is 1400. The van der Waals surface area contributed by atoms with Crippen molar-refractivity contribution in [3.05, 3.63) is 33.8 Å². The Hall–Kier alpha value is -2.39. The van der Waals surface area contributed by atoms with Gasteiger partial charge in [-0.2, -0.15) is 5.10 Å². The van der Waals surface area contributed by atoms with Gasteiger partial charge in [0, 0.05) is 49.0 Å². The van der Waals surface area contributed by atoms with Crippen LogP contribution in [0.3, 0.4) is 0 Å². The van der Waals surface area contributed by atoms with Gasteiger partial charge >= 0.3 is 6.09 Å². The Kier molecular flexibility index (Phi) is 6.18. The Morgan fingerprint density at radius 3 is 2.61 bits per heavy atom. The first kappa shape index (κ1) is 25.9. The van der Waals surface area contributed by atoms with Gasteiger partial charge in [0.05, 0.1) is 17.4 Å². The summed E-state index contributed by atoms with van der Waals surface area (Å²) in [5, 5.41) is 5.94. The zero-order valence-electron chi connectivity index (χ0n) is 23.3. The molecule has 4 heterocycles. The summed E-state index contributed by atoms with van der Waals surface area (Å²) in [4.78, 5) is 19.3. The van der Waals surface area contributed by atoms with Gasteiger partial charge in [0.2, 0.25) is 0 Å². The second kappa shape index (κ2) is 9.08. The molecule has 1 saturated carbocycles. The molecule has 38 heavy (non-hydrogen) atoms. The molecule has 0 N–H and O–H groups in total. The van der Waals surface area contributed by atoms with Crippen LogP contribution in [0.5, 0.6) is 0 Å². The molecule has 3 aromatic rings. The number of aryl methyl sites for hydroxylation is 1. The summed E-state index contributed by atoms with van der Waals surface area (Å²) in [5.74, 6) is 1.48. The van der Waals surface area contributed by atoms with E-state index in [9.17, 15) is 4.79 Å². The zero-order valence-corrected chi connectivity index (χ0v) is 24.9. The van der Waals surface area contributed by atoms with Crippen molar-refractivity contribution in [2.24, 2.45) is 12.5 Å². The molecule has 1 spiro atoms. The van der Waals surface area contributed by atoms with E-state index in [0.717, 1.165) is 72.4 Å². The minimum absolute atomic E-state index is 0.00404. The van der Waals surface area contributed by atoms with E-state index < -0.39 is 5.60 Å². The van der Waals surface area contributed by atoms with E-state index in [1.807, 2.05) is 31.9 Å². The van der Waals surface area contributed by atoms with Gasteiger partial charge in [-0.3, -0.25) is 0 Å². The quantitative estimate of drug-likeness (QED) is 0.346. The maximum Gasteiger partial charge on any atom is 0.410 e. The first-order chi connectivity index (χ1) is 18.0. The van der Waals surface area contributed by atoms with Crippen molar-refractivity contribution in [3.63, 3.8) is 0 Å². The molecule has 9 heteroatoms. The van der Waals surface area contributed by atoms with Crippen molar-refractivity contribution < 1.29 is 14.3 Å². The number of halogens is 1. The third-order valence-electron chi connectivity index (χ3n) is 8.60.